The van der Waals surface area contributed by atoms with Crippen LogP contribution >= 0.6 is 11.6 Å². The van der Waals surface area contributed by atoms with Crippen molar-refractivity contribution < 1.29 is 4.39 Å². The van der Waals surface area contributed by atoms with E-state index in [1.54, 1.807) is 6.07 Å². The van der Waals surface area contributed by atoms with Gasteiger partial charge in [0.05, 0.1) is 11.9 Å². The normalized spacial score (nSPS) is 12.6. The molecule has 0 aliphatic carbocycles. The lowest BCUT2D eigenvalue weighted by molar-refractivity contribution is 0.310. The molecule has 2 N–H and O–H groups in total. The van der Waals surface area contributed by atoms with E-state index in [-0.39, 0.29) is 11.9 Å². The van der Waals surface area contributed by atoms with E-state index in [1.807, 2.05) is 31.3 Å². The Morgan fingerprint density at radius 1 is 1.24 bits per heavy atom. The van der Waals surface area contributed by atoms with Crippen molar-refractivity contribution in [3.8, 4) is 0 Å². The summed E-state index contributed by atoms with van der Waals surface area (Å²) < 4.78 is 12.8. The minimum Gasteiger partial charge on any atom is -0.323 e. The molecule has 112 valence electrons. The third kappa shape index (κ3) is 5.08. The molecule has 21 heavy (non-hydrogen) atoms. The second-order valence-electron chi connectivity index (χ2n) is 5.16. The van der Waals surface area contributed by atoms with Crippen molar-refractivity contribution in [3.63, 3.8) is 0 Å². The smallest absolute Gasteiger partial charge is 0.141 e. The lowest BCUT2D eigenvalue weighted by Gasteiger charge is -2.19. The highest BCUT2D eigenvalue weighted by Crippen LogP contribution is 2.14. The number of benzene rings is 1. The summed E-state index contributed by atoms with van der Waals surface area (Å²) in [5.41, 5.74) is 8.00. The molecule has 5 heteroatoms. The standard InChI is InChI=1S/C16H19ClFN3/c1-21(11-12-2-4-13(17)5-3-12)9-8-15(19)16-7-6-14(18)10-20-16/h2-7,10,15H,8-9,11,19H2,1H3. The van der Waals surface area contributed by atoms with Crippen LogP contribution in [0.4, 0.5) is 4.39 Å². The maximum atomic E-state index is 12.8. The van der Waals surface area contributed by atoms with Gasteiger partial charge in [-0.2, -0.15) is 0 Å². The summed E-state index contributed by atoms with van der Waals surface area (Å²) in [6.45, 7) is 1.67. The molecule has 1 atom stereocenters. The van der Waals surface area contributed by atoms with Crippen molar-refractivity contribution in [1.29, 1.82) is 0 Å². The van der Waals surface area contributed by atoms with Crippen LogP contribution in [0.15, 0.2) is 42.6 Å². The van der Waals surface area contributed by atoms with Gasteiger partial charge in [0.1, 0.15) is 5.82 Å². The summed E-state index contributed by atoms with van der Waals surface area (Å²) in [4.78, 5) is 6.20. The summed E-state index contributed by atoms with van der Waals surface area (Å²) in [6, 6.07) is 10.6. The fraction of sp³-hybridized carbons (Fsp3) is 0.312. The molecule has 0 amide bonds. The number of nitrogens with zero attached hydrogens (tertiary/aromatic N) is 2. The van der Waals surface area contributed by atoms with Crippen LogP contribution in [0, 0.1) is 5.82 Å². The highest BCUT2D eigenvalue weighted by atomic mass is 35.5. The molecule has 0 saturated heterocycles. The van der Waals surface area contributed by atoms with Gasteiger partial charge in [0.2, 0.25) is 0 Å². The van der Waals surface area contributed by atoms with Gasteiger partial charge >= 0.3 is 0 Å². The molecule has 0 aliphatic rings. The Bertz CT molecular complexity index is 557. The van der Waals surface area contributed by atoms with E-state index in [0.717, 1.165) is 30.2 Å². The zero-order valence-electron chi connectivity index (χ0n) is 12.0. The lowest BCUT2D eigenvalue weighted by Crippen LogP contribution is -2.23. The Kier molecular flexibility index (Phi) is 5.67. The fourth-order valence-corrected chi connectivity index (χ4v) is 2.22. The van der Waals surface area contributed by atoms with Gasteiger partial charge in [-0.05, 0) is 43.3 Å². The third-order valence-electron chi connectivity index (χ3n) is 3.32. The minimum atomic E-state index is -0.342. The average molecular weight is 308 g/mol. The van der Waals surface area contributed by atoms with Gasteiger partial charge in [-0.1, -0.05) is 23.7 Å². The molecule has 0 bridgehead atoms. The first-order valence-corrected chi connectivity index (χ1v) is 7.22. The van der Waals surface area contributed by atoms with Gasteiger partial charge in [-0.15, -0.1) is 0 Å². The molecule has 0 radical (unpaired) electrons. The zero-order valence-corrected chi connectivity index (χ0v) is 12.7. The maximum Gasteiger partial charge on any atom is 0.141 e. The van der Waals surface area contributed by atoms with E-state index in [1.165, 1.54) is 17.8 Å². The van der Waals surface area contributed by atoms with Gasteiger partial charge in [0.25, 0.3) is 0 Å². The summed E-state index contributed by atoms with van der Waals surface area (Å²) in [5.74, 6) is -0.342. The molecule has 1 aromatic carbocycles. The van der Waals surface area contributed by atoms with Crippen molar-refractivity contribution in [1.82, 2.24) is 9.88 Å². The van der Waals surface area contributed by atoms with Crippen molar-refractivity contribution in [2.45, 2.75) is 19.0 Å². The van der Waals surface area contributed by atoms with Crippen LogP contribution in [0.3, 0.4) is 0 Å². The molecule has 2 rings (SSSR count). The maximum absolute atomic E-state index is 12.8. The Labute approximate surface area is 129 Å². The quantitative estimate of drug-likeness (QED) is 0.889. The summed E-state index contributed by atoms with van der Waals surface area (Å²) >= 11 is 5.87. The Morgan fingerprint density at radius 3 is 2.57 bits per heavy atom. The van der Waals surface area contributed by atoms with Crippen molar-refractivity contribution >= 4 is 11.6 Å². The number of pyridine rings is 1. The first kappa shape index (κ1) is 15.9. The predicted octanol–water partition coefficient (Wildman–Crippen LogP) is 3.40. The summed E-state index contributed by atoms with van der Waals surface area (Å²) in [6.07, 6.45) is 1.97. The van der Waals surface area contributed by atoms with Crippen molar-refractivity contribution in [2.24, 2.45) is 5.73 Å². The molecule has 0 aliphatic heterocycles. The van der Waals surface area contributed by atoms with E-state index in [0.29, 0.717) is 0 Å². The van der Waals surface area contributed by atoms with Crippen LogP contribution in [0.25, 0.3) is 0 Å². The monoisotopic (exact) mass is 307 g/mol. The number of hydrogen-bond acceptors (Lipinski definition) is 3. The van der Waals surface area contributed by atoms with Crippen LogP contribution in [-0.2, 0) is 6.54 Å². The van der Waals surface area contributed by atoms with Crippen LogP contribution in [-0.4, -0.2) is 23.5 Å². The van der Waals surface area contributed by atoms with Gasteiger partial charge < -0.3 is 10.6 Å². The van der Waals surface area contributed by atoms with Crippen molar-refractivity contribution in [2.75, 3.05) is 13.6 Å². The van der Waals surface area contributed by atoms with E-state index < -0.39 is 0 Å². The molecular formula is C16H19ClFN3. The molecule has 0 saturated carbocycles. The first-order chi connectivity index (χ1) is 10.0. The van der Waals surface area contributed by atoms with E-state index in [9.17, 15) is 4.39 Å². The number of halogens is 2. The average Bonchev–Trinajstić information content (AvgIpc) is 2.48. The van der Waals surface area contributed by atoms with Gasteiger partial charge in [0.15, 0.2) is 0 Å². The van der Waals surface area contributed by atoms with Gasteiger partial charge in [0, 0.05) is 24.2 Å². The van der Waals surface area contributed by atoms with Gasteiger partial charge in [-0.25, -0.2) is 4.39 Å². The first-order valence-electron chi connectivity index (χ1n) is 6.84. The van der Waals surface area contributed by atoms with E-state index in [4.69, 9.17) is 17.3 Å². The highest BCUT2D eigenvalue weighted by molar-refractivity contribution is 6.30. The summed E-state index contributed by atoms with van der Waals surface area (Å²) in [7, 11) is 2.04. The minimum absolute atomic E-state index is 0.182. The summed E-state index contributed by atoms with van der Waals surface area (Å²) in [5, 5.41) is 0.741. The fourth-order valence-electron chi connectivity index (χ4n) is 2.09. The predicted molar refractivity (Wildman–Crippen MR) is 83.5 cm³/mol. The molecule has 1 heterocycles. The molecular weight excluding hydrogens is 289 g/mol. The van der Waals surface area contributed by atoms with E-state index >= 15 is 0 Å². The zero-order chi connectivity index (χ0) is 15.2. The lowest BCUT2D eigenvalue weighted by atomic mass is 10.1. The number of nitrogens with two attached hydrogens (primary N) is 1. The van der Waals surface area contributed by atoms with Crippen LogP contribution in [0.1, 0.15) is 23.7 Å². The molecule has 1 aromatic heterocycles. The molecule has 0 fully saturated rings. The number of aromatic nitrogens is 1. The highest BCUT2D eigenvalue weighted by Gasteiger charge is 2.09. The Morgan fingerprint density at radius 2 is 1.95 bits per heavy atom. The molecule has 2 aromatic rings. The van der Waals surface area contributed by atoms with Crippen LogP contribution < -0.4 is 5.73 Å². The largest absolute Gasteiger partial charge is 0.323 e. The van der Waals surface area contributed by atoms with Gasteiger partial charge in [-0.3, -0.25) is 4.98 Å². The van der Waals surface area contributed by atoms with E-state index in [2.05, 4.69) is 9.88 Å². The Hall–Kier alpha value is -1.49. The second kappa shape index (κ2) is 7.50. The number of rotatable bonds is 6. The molecule has 1 unspecified atom stereocenters. The topological polar surface area (TPSA) is 42.1 Å². The van der Waals surface area contributed by atoms with Crippen molar-refractivity contribution in [3.05, 3.63) is 64.7 Å². The Balaban J connectivity index is 1.81. The third-order valence-corrected chi connectivity index (χ3v) is 3.57. The van der Waals surface area contributed by atoms with Crippen LogP contribution in [0.2, 0.25) is 5.02 Å². The second-order valence-corrected chi connectivity index (χ2v) is 5.60. The SMILES string of the molecule is CN(CCC(N)c1ccc(F)cn1)Cc1ccc(Cl)cc1. The van der Waals surface area contributed by atoms with Crippen LogP contribution in [0.5, 0.6) is 0 Å². The molecule has 0 spiro atoms. The number of hydrogen-bond donors (Lipinski definition) is 1. The molecule has 3 nitrogen and oxygen atoms in total.